The Hall–Kier alpha value is -3.17. The van der Waals surface area contributed by atoms with Crippen LogP contribution in [0, 0.1) is 11.6 Å². The molecule has 1 aromatic heterocycles. The van der Waals surface area contributed by atoms with Gasteiger partial charge in [0.25, 0.3) is 0 Å². The highest BCUT2D eigenvalue weighted by Crippen LogP contribution is 2.40. The van der Waals surface area contributed by atoms with Crippen LogP contribution in [0.3, 0.4) is 0 Å². The van der Waals surface area contributed by atoms with E-state index in [1.165, 1.54) is 16.4 Å². The van der Waals surface area contributed by atoms with E-state index in [2.05, 4.69) is 4.74 Å². The molecule has 2 fully saturated rings. The number of carbonyl (C=O) groups is 2. The van der Waals surface area contributed by atoms with Gasteiger partial charge in [-0.15, -0.1) is 0 Å². The number of anilines is 1. The van der Waals surface area contributed by atoms with Gasteiger partial charge in [0.05, 0.1) is 30.2 Å². The van der Waals surface area contributed by atoms with Gasteiger partial charge < -0.3 is 24.0 Å². The molecule has 1 aliphatic heterocycles. The number of ether oxygens (including phenoxy) is 2. The first kappa shape index (κ1) is 18.2. The Morgan fingerprint density at radius 1 is 1.25 bits per heavy atom. The van der Waals surface area contributed by atoms with Crippen LogP contribution >= 0.6 is 0 Å². The second-order valence-electron chi connectivity index (χ2n) is 6.88. The summed E-state index contributed by atoms with van der Waals surface area (Å²) < 4.78 is 40.9. The zero-order valence-electron chi connectivity index (χ0n) is 14.8. The maximum absolute atomic E-state index is 15.3. The number of nitrogens with zero attached hydrogens (tertiary/aromatic N) is 2. The summed E-state index contributed by atoms with van der Waals surface area (Å²) >= 11 is 0. The van der Waals surface area contributed by atoms with Gasteiger partial charge in [0.2, 0.25) is 5.43 Å². The molecule has 0 spiro atoms. The fraction of sp³-hybridized carbons (Fsp3) is 0.389. The molecular formula is C18H16F2N2O6. The number of rotatable bonds is 4. The number of fused-ring (bicyclic) bond motifs is 1. The van der Waals surface area contributed by atoms with Crippen LogP contribution in [0.5, 0.6) is 5.75 Å². The molecule has 0 bridgehead atoms. The number of benzene rings is 1. The summed E-state index contributed by atoms with van der Waals surface area (Å²) in [6.45, 7) is 1.52. The van der Waals surface area contributed by atoms with Crippen molar-refractivity contribution in [3.05, 3.63) is 34.1 Å². The van der Waals surface area contributed by atoms with Gasteiger partial charge in [-0.3, -0.25) is 9.59 Å². The molecule has 1 aromatic carbocycles. The van der Waals surface area contributed by atoms with Crippen molar-refractivity contribution in [3.8, 4) is 5.75 Å². The molecule has 1 N–H and O–H groups in total. The number of esters is 1. The van der Waals surface area contributed by atoms with Crippen molar-refractivity contribution >= 4 is 28.7 Å². The Kier molecular flexibility index (Phi) is 4.20. The summed E-state index contributed by atoms with van der Waals surface area (Å²) in [6, 6.07) is 0.764. The summed E-state index contributed by atoms with van der Waals surface area (Å²) in [4.78, 5) is 35.7. The maximum atomic E-state index is 15.3. The number of hydrogen-bond donors (Lipinski definition) is 1. The number of hydrogen-bond acceptors (Lipinski definition) is 6. The lowest BCUT2D eigenvalue weighted by Crippen LogP contribution is -2.53. The quantitative estimate of drug-likeness (QED) is 0.796. The van der Waals surface area contributed by atoms with E-state index in [1.54, 1.807) is 0 Å². The second-order valence-corrected chi connectivity index (χ2v) is 6.88. The topological polar surface area (TPSA) is 98.1 Å². The van der Waals surface area contributed by atoms with Crippen molar-refractivity contribution in [3.63, 3.8) is 0 Å². The van der Waals surface area contributed by atoms with Gasteiger partial charge in [0, 0.05) is 13.0 Å². The van der Waals surface area contributed by atoms with Gasteiger partial charge in [-0.1, -0.05) is 0 Å². The van der Waals surface area contributed by atoms with E-state index in [9.17, 15) is 18.8 Å². The van der Waals surface area contributed by atoms with Crippen LogP contribution < -0.4 is 15.1 Å². The molecule has 148 valence electrons. The Morgan fingerprint density at radius 2 is 1.93 bits per heavy atom. The molecule has 8 nitrogen and oxygen atoms in total. The number of carbonyl (C=O) groups excluding carboxylic acids is 1. The smallest absolute Gasteiger partial charge is 0.459 e. The van der Waals surface area contributed by atoms with Crippen molar-refractivity contribution in [2.45, 2.75) is 31.9 Å². The van der Waals surface area contributed by atoms with Gasteiger partial charge in [-0.2, -0.15) is 0 Å². The van der Waals surface area contributed by atoms with Gasteiger partial charge >= 0.3 is 12.1 Å². The summed E-state index contributed by atoms with van der Waals surface area (Å²) in [5.41, 5.74) is -1.31. The lowest BCUT2D eigenvalue weighted by atomic mass is 10.1. The third-order valence-electron chi connectivity index (χ3n) is 4.79. The Morgan fingerprint density at radius 3 is 2.50 bits per heavy atom. The van der Waals surface area contributed by atoms with Crippen molar-refractivity contribution < 1.29 is 33.0 Å². The molecular weight excluding hydrogens is 378 g/mol. The van der Waals surface area contributed by atoms with Crippen molar-refractivity contribution in [1.82, 2.24) is 4.57 Å². The number of halogens is 2. The van der Waals surface area contributed by atoms with Crippen molar-refractivity contribution in [2.24, 2.45) is 0 Å². The molecule has 0 atom stereocenters. The Balaban J connectivity index is 1.82. The molecule has 2 aliphatic rings. The molecule has 1 aliphatic carbocycles. The standard InChI is InChI=1S/C18H16F2N2O6/c1-8(23)27-10-5-21(6-10)16-12(19)4-11-15(14(16)20)22(9-2-3-9)7-13(17(11)24)28-18(25)26/h4,7,9-10H,2-3,5-6H2,1H3,(H,25,26). The molecule has 2 aromatic rings. The first-order valence-electron chi connectivity index (χ1n) is 8.66. The normalized spacial score (nSPS) is 16.8. The van der Waals surface area contributed by atoms with Crippen LogP contribution in [0.25, 0.3) is 10.9 Å². The number of pyridine rings is 1. The third kappa shape index (κ3) is 3.04. The lowest BCUT2D eigenvalue weighted by Gasteiger charge is -2.40. The first-order valence-corrected chi connectivity index (χ1v) is 8.66. The second kappa shape index (κ2) is 6.47. The largest absolute Gasteiger partial charge is 0.511 e. The molecule has 28 heavy (non-hydrogen) atoms. The molecule has 2 heterocycles. The summed E-state index contributed by atoms with van der Waals surface area (Å²) in [7, 11) is 0. The van der Waals surface area contributed by atoms with E-state index in [-0.39, 0.29) is 35.7 Å². The molecule has 10 heteroatoms. The molecule has 1 saturated heterocycles. The van der Waals surface area contributed by atoms with Gasteiger partial charge in [-0.25, -0.2) is 13.6 Å². The van der Waals surface area contributed by atoms with Crippen LogP contribution in [-0.4, -0.2) is 41.0 Å². The SMILES string of the molecule is CC(=O)OC1CN(c2c(F)cc3c(=O)c(OC(=O)O)cn(C4CC4)c3c2F)C1. The average molecular weight is 394 g/mol. The summed E-state index contributed by atoms with van der Waals surface area (Å²) in [6.07, 6.45) is 0.445. The fourth-order valence-corrected chi connectivity index (χ4v) is 3.43. The number of carboxylic acid groups (broad SMARTS) is 1. The van der Waals surface area contributed by atoms with E-state index in [4.69, 9.17) is 9.84 Å². The molecule has 1 saturated carbocycles. The molecule has 4 rings (SSSR count). The van der Waals surface area contributed by atoms with E-state index in [1.807, 2.05) is 0 Å². The highest BCUT2D eigenvalue weighted by molar-refractivity contribution is 5.86. The van der Waals surface area contributed by atoms with Crippen molar-refractivity contribution in [2.75, 3.05) is 18.0 Å². The summed E-state index contributed by atoms with van der Waals surface area (Å²) in [5, 5.41) is 8.51. The monoisotopic (exact) mass is 394 g/mol. The van der Waals surface area contributed by atoms with Crippen LogP contribution in [0.2, 0.25) is 0 Å². The minimum absolute atomic E-state index is 0.0995. The molecule has 0 amide bonds. The first-order chi connectivity index (χ1) is 13.3. The Labute approximate surface area is 156 Å². The van der Waals surface area contributed by atoms with E-state index in [0.29, 0.717) is 0 Å². The lowest BCUT2D eigenvalue weighted by molar-refractivity contribution is -0.147. The summed E-state index contributed by atoms with van der Waals surface area (Å²) in [5.74, 6) is -2.85. The predicted octanol–water partition coefficient (Wildman–Crippen LogP) is 2.42. The molecule has 0 unspecified atom stereocenters. The third-order valence-corrected chi connectivity index (χ3v) is 4.79. The Bertz CT molecular complexity index is 1060. The highest BCUT2D eigenvalue weighted by atomic mass is 19.1. The van der Waals surface area contributed by atoms with Crippen molar-refractivity contribution in [1.29, 1.82) is 0 Å². The zero-order valence-corrected chi connectivity index (χ0v) is 14.8. The van der Waals surface area contributed by atoms with Crippen LogP contribution in [0.15, 0.2) is 17.1 Å². The average Bonchev–Trinajstić information content (AvgIpc) is 3.39. The predicted molar refractivity (Wildman–Crippen MR) is 92.8 cm³/mol. The fourth-order valence-electron chi connectivity index (χ4n) is 3.43. The maximum Gasteiger partial charge on any atom is 0.511 e. The van der Waals surface area contributed by atoms with Crippen LogP contribution in [0.1, 0.15) is 25.8 Å². The zero-order chi connectivity index (χ0) is 20.2. The van der Waals surface area contributed by atoms with Crippen LogP contribution in [0.4, 0.5) is 19.3 Å². The van der Waals surface area contributed by atoms with E-state index >= 15 is 4.39 Å². The van der Waals surface area contributed by atoms with Gasteiger partial charge in [0.1, 0.15) is 17.6 Å². The van der Waals surface area contributed by atoms with Gasteiger partial charge in [-0.05, 0) is 18.9 Å². The van der Waals surface area contributed by atoms with E-state index < -0.39 is 41.0 Å². The van der Waals surface area contributed by atoms with Gasteiger partial charge in [0.15, 0.2) is 11.6 Å². The highest BCUT2D eigenvalue weighted by Gasteiger charge is 2.36. The number of aromatic nitrogens is 1. The minimum atomic E-state index is -1.69. The minimum Gasteiger partial charge on any atom is -0.459 e. The molecule has 0 radical (unpaired) electrons. The van der Waals surface area contributed by atoms with E-state index in [0.717, 1.165) is 25.1 Å². The van der Waals surface area contributed by atoms with Crippen LogP contribution in [-0.2, 0) is 9.53 Å².